The van der Waals surface area contributed by atoms with Crippen molar-refractivity contribution in [3.05, 3.63) is 98.2 Å². The SMILES string of the molecule is CCc1c(-c2c(C)n(C)n(-c3ccccc3)c2=O)c(C(N)=O)c(C)n1Cc1cccc(Cl)c1. The van der Waals surface area contributed by atoms with Crippen LogP contribution in [0, 0.1) is 13.8 Å². The van der Waals surface area contributed by atoms with Crippen molar-refractivity contribution in [2.75, 3.05) is 0 Å². The van der Waals surface area contributed by atoms with E-state index < -0.39 is 5.91 Å². The number of para-hydroxylation sites is 1. The molecule has 6 nitrogen and oxygen atoms in total. The number of nitrogens with two attached hydrogens (primary N) is 1. The normalized spacial score (nSPS) is 11.2. The number of carbonyl (C=O) groups is 1. The molecule has 0 aliphatic rings. The molecule has 7 heteroatoms. The second kappa shape index (κ2) is 8.79. The average molecular weight is 463 g/mol. The van der Waals surface area contributed by atoms with Gasteiger partial charge in [0, 0.05) is 41.3 Å². The van der Waals surface area contributed by atoms with Gasteiger partial charge in [0.25, 0.3) is 11.5 Å². The summed E-state index contributed by atoms with van der Waals surface area (Å²) < 4.78 is 5.51. The Hall–Kier alpha value is -3.51. The molecule has 0 bridgehead atoms. The van der Waals surface area contributed by atoms with Crippen molar-refractivity contribution in [3.63, 3.8) is 0 Å². The third-order valence-electron chi connectivity index (χ3n) is 6.25. The van der Waals surface area contributed by atoms with Gasteiger partial charge in [-0.3, -0.25) is 14.3 Å². The van der Waals surface area contributed by atoms with Crippen molar-refractivity contribution >= 4 is 17.5 Å². The van der Waals surface area contributed by atoms with Crippen LogP contribution in [-0.4, -0.2) is 19.8 Å². The number of primary amides is 1. The van der Waals surface area contributed by atoms with Crippen molar-refractivity contribution in [2.24, 2.45) is 12.8 Å². The molecule has 2 heterocycles. The van der Waals surface area contributed by atoms with E-state index in [2.05, 4.69) is 4.57 Å². The number of rotatable bonds is 6. The summed E-state index contributed by atoms with van der Waals surface area (Å²) >= 11 is 6.20. The number of hydrogen-bond donors (Lipinski definition) is 1. The summed E-state index contributed by atoms with van der Waals surface area (Å²) in [6.07, 6.45) is 0.628. The topological polar surface area (TPSA) is 75.0 Å². The van der Waals surface area contributed by atoms with Crippen LogP contribution in [0.15, 0.2) is 59.4 Å². The molecule has 1 amide bonds. The van der Waals surface area contributed by atoms with E-state index in [1.807, 2.05) is 87.1 Å². The molecule has 0 radical (unpaired) electrons. The van der Waals surface area contributed by atoms with Gasteiger partial charge in [-0.05, 0) is 50.1 Å². The molecule has 2 N–H and O–H groups in total. The maximum atomic E-state index is 13.7. The van der Waals surface area contributed by atoms with Crippen LogP contribution in [-0.2, 0) is 20.0 Å². The van der Waals surface area contributed by atoms with Crippen molar-refractivity contribution in [1.82, 2.24) is 13.9 Å². The Kier molecular flexibility index (Phi) is 6.04. The van der Waals surface area contributed by atoms with Gasteiger partial charge in [-0.25, -0.2) is 4.68 Å². The van der Waals surface area contributed by atoms with Crippen LogP contribution in [0.1, 0.15) is 39.9 Å². The molecule has 0 fully saturated rings. The summed E-state index contributed by atoms with van der Waals surface area (Å²) in [6, 6.07) is 17.1. The smallest absolute Gasteiger partial charge is 0.279 e. The molecule has 0 atom stereocenters. The molecular weight excluding hydrogens is 436 g/mol. The minimum absolute atomic E-state index is 0.182. The van der Waals surface area contributed by atoms with E-state index in [0.29, 0.717) is 34.7 Å². The molecule has 4 aromatic rings. The fourth-order valence-corrected chi connectivity index (χ4v) is 4.84. The fourth-order valence-electron chi connectivity index (χ4n) is 4.62. The van der Waals surface area contributed by atoms with E-state index in [4.69, 9.17) is 17.3 Å². The summed E-state index contributed by atoms with van der Waals surface area (Å²) in [5.41, 5.74) is 11.4. The molecular formula is C26H27ClN4O2. The lowest BCUT2D eigenvalue weighted by Crippen LogP contribution is -2.20. The number of amides is 1. The Bertz CT molecular complexity index is 1410. The molecule has 0 unspecified atom stereocenters. The molecule has 0 aliphatic heterocycles. The van der Waals surface area contributed by atoms with Crippen molar-refractivity contribution in [2.45, 2.75) is 33.7 Å². The van der Waals surface area contributed by atoms with Crippen molar-refractivity contribution < 1.29 is 4.79 Å². The second-order valence-electron chi connectivity index (χ2n) is 8.15. The highest BCUT2D eigenvalue weighted by Gasteiger charge is 2.29. The van der Waals surface area contributed by atoms with Crippen LogP contribution >= 0.6 is 11.6 Å². The van der Waals surface area contributed by atoms with Gasteiger partial charge in [0.2, 0.25) is 0 Å². The van der Waals surface area contributed by atoms with Crippen LogP contribution in [0.4, 0.5) is 0 Å². The first-order valence-electron chi connectivity index (χ1n) is 10.9. The summed E-state index contributed by atoms with van der Waals surface area (Å²) in [7, 11) is 1.85. The molecule has 4 rings (SSSR count). The Morgan fingerprint density at radius 2 is 1.70 bits per heavy atom. The van der Waals surface area contributed by atoms with Crippen LogP contribution in [0.3, 0.4) is 0 Å². The number of hydrogen-bond acceptors (Lipinski definition) is 2. The highest BCUT2D eigenvalue weighted by Crippen LogP contribution is 2.34. The highest BCUT2D eigenvalue weighted by atomic mass is 35.5. The fraction of sp³-hybridized carbons (Fsp3) is 0.231. The molecule has 33 heavy (non-hydrogen) atoms. The van der Waals surface area contributed by atoms with Crippen LogP contribution in [0.25, 0.3) is 16.8 Å². The molecule has 2 aromatic carbocycles. The number of carbonyl (C=O) groups excluding carboxylic acids is 1. The molecule has 0 saturated heterocycles. The lowest BCUT2D eigenvalue weighted by Gasteiger charge is -2.12. The second-order valence-corrected chi connectivity index (χ2v) is 8.59. The van der Waals surface area contributed by atoms with E-state index in [-0.39, 0.29) is 5.56 Å². The maximum absolute atomic E-state index is 13.7. The predicted molar refractivity (Wildman–Crippen MR) is 132 cm³/mol. The van der Waals surface area contributed by atoms with Gasteiger partial charge < -0.3 is 10.3 Å². The number of benzene rings is 2. The third-order valence-corrected chi connectivity index (χ3v) is 6.48. The van der Waals surface area contributed by atoms with Gasteiger partial charge in [-0.2, -0.15) is 0 Å². The molecule has 0 aliphatic carbocycles. The van der Waals surface area contributed by atoms with E-state index in [1.54, 1.807) is 4.68 Å². The molecule has 0 spiro atoms. The van der Waals surface area contributed by atoms with Crippen LogP contribution in [0.2, 0.25) is 5.02 Å². The maximum Gasteiger partial charge on any atom is 0.279 e. The zero-order chi connectivity index (χ0) is 23.9. The largest absolute Gasteiger partial charge is 0.366 e. The van der Waals surface area contributed by atoms with Crippen LogP contribution in [0.5, 0.6) is 0 Å². The van der Waals surface area contributed by atoms with E-state index in [1.165, 1.54) is 0 Å². The van der Waals surface area contributed by atoms with Gasteiger partial charge in [-0.15, -0.1) is 0 Å². The molecule has 2 aromatic heterocycles. The standard InChI is InChI=1S/C26H27ClN4O2/c1-5-21-24(23-16(2)29(4)31(26(23)33)20-12-7-6-8-13-20)22(25(28)32)17(3)30(21)15-18-10-9-11-19(27)14-18/h6-14H,5,15H2,1-4H3,(H2,28,32). The number of halogens is 1. The minimum Gasteiger partial charge on any atom is -0.366 e. The Morgan fingerprint density at radius 3 is 2.30 bits per heavy atom. The van der Waals surface area contributed by atoms with Crippen LogP contribution < -0.4 is 11.3 Å². The summed E-state index contributed by atoms with van der Waals surface area (Å²) in [5.74, 6) is -0.545. The monoisotopic (exact) mass is 462 g/mol. The summed E-state index contributed by atoms with van der Waals surface area (Å²) in [6.45, 7) is 6.31. The van der Waals surface area contributed by atoms with Gasteiger partial charge in [0.1, 0.15) is 0 Å². The quantitative estimate of drug-likeness (QED) is 0.453. The summed E-state index contributed by atoms with van der Waals surface area (Å²) in [5, 5.41) is 0.648. The Morgan fingerprint density at radius 1 is 1.00 bits per heavy atom. The zero-order valence-corrected chi connectivity index (χ0v) is 20.0. The van der Waals surface area contributed by atoms with Gasteiger partial charge in [-0.1, -0.05) is 48.9 Å². The average Bonchev–Trinajstić information content (AvgIpc) is 3.17. The molecule has 170 valence electrons. The van der Waals surface area contributed by atoms with Gasteiger partial charge in [0.05, 0.1) is 16.8 Å². The highest BCUT2D eigenvalue weighted by molar-refractivity contribution is 6.30. The first kappa shape index (κ1) is 22.7. The first-order valence-corrected chi connectivity index (χ1v) is 11.2. The lowest BCUT2D eigenvalue weighted by atomic mass is 9.99. The Labute approximate surface area is 197 Å². The van der Waals surface area contributed by atoms with Gasteiger partial charge >= 0.3 is 0 Å². The Balaban J connectivity index is 2.01. The predicted octanol–water partition coefficient (Wildman–Crippen LogP) is 4.62. The van der Waals surface area contributed by atoms with E-state index >= 15 is 0 Å². The number of aromatic nitrogens is 3. The molecule has 0 saturated carbocycles. The first-order chi connectivity index (χ1) is 15.8. The number of nitrogens with zero attached hydrogens (tertiary/aromatic N) is 3. The third kappa shape index (κ3) is 3.80. The van der Waals surface area contributed by atoms with Gasteiger partial charge in [0.15, 0.2) is 0 Å². The van der Waals surface area contributed by atoms with E-state index in [0.717, 1.165) is 28.3 Å². The minimum atomic E-state index is -0.545. The zero-order valence-electron chi connectivity index (χ0n) is 19.2. The van der Waals surface area contributed by atoms with Crippen molar-refractivity contribution in [3.8, 4) is 16.8 Å². The lowest BCUT2D eigenvalue weighted by molar-refractivity contribution is 0.1000. The summed E-state index contributed by atoms with van der Waals surface area (Å²) in [4.78, 5) is 26.4. The van der Waals surface area contributed by atoms with E-state index in [9.17, 15) is 9.59 Å². The van der Waals surface area contributed by atoms with Crippen molar-refractivity contribution in [1.29, 1.82) is 0 Å².